The summed E-state index contributed by atoms with van der Waals surface area (Å²) in [5.41, 5.74) is 0.711. The molecule has 3 N–H and O–H groups in total. The number of aromatic nitrogens is 5. The van der Waals surface area contributed by atoms with Crippen molar-refractivity contribution in [3.05, 3.63) is 36.3 Å². The van der Waals surface area contributed by atoms with Crippen LogP contribution in [0.15, 0.2) is 30.6 Å². The number of anilines is 3. The molecule has 3 aromatic rings. The number of rotatable bonds is 9. The normalized spacial score (nSPS) is 14.2. The van der Waals surface area contributed by atoms with Crippen LogP contribution in [0.4, 0.5) is 17.2 Å². The Morgan fingerprint density at radius 1 is 1.32 bits per heavy atom. The van der Waals surface area contributed by atoms with Gasteiger partial charge in [-0.1, -0.05) is 6.07 Å². The summed E-state index contributed by atoms with van der Waals surface area (Å²) in [7, 11) is 1.45. The molecular weight excluding hydrogens is 438 g/mol. The van der Waals surface area contributed by atoms with Gasteiger partial charge in [-0.05, 0) is 25.0 Å². The number of carbonyl (C=O) groups is 2. The molecule has 0 atom stereocenters. The molecule has 2 aromatic heterocycles. The van der Waals surface area contributed by atoms with Gasteiger partial charge in [0.2, 0.25) is 5.91 Å². The van der Waals surface area contributed by atoms with Crippen molar-refractivity contribution in [3.63, 3.8) is 0 Å². The fraction of sp³-hybridized carbons (Fsp3) is 0.318. The van der Waals surface area contributed by atoms with E-state index in [4.69, 9.17) is 14.1 Å². The van der Waals surface area contributed by atoms with Crippen LogP contribution in [0.25, 0.3) is 11.4 Å². The Morgan fingerprint density at radius 3 is 2.91 bits per heavy atom. The van der Waals surface area contributed by atoms with Crippen molar-refractivity contribution in [1.82, 2.24) is 30.3 Å². The van der Waals surface area contributed by atoms with E-state index in [1.807, 2.05) is 11.4 Å². The van der Waals surface area contributed by atoms with Crippen molar-refractivity contribution in [3.8, 4) is 23.2 Å². The maximum absolute atomic E-state index is 12.7. The standard InChI is InChI=1S/C22H23N9O3/c1-24-22(33)18-16(11-17(28-29-18)27-21(32)13-7-8-13)26-15-6-3-5-14(19(15)34-2)20-25-12-31(30-20)10-4-9-23/h3,5-6,11-13H,4,7-8,10H2,1-2H3,(H,24,33)(H2,26,27,28,32)/i1D3. The molecule has 174 valence electrons. The Hall–Kier alpha value is -4.53. The quantitative estimate of drug-likeness (QED) is 0.431. The molecule has 0 aliphatic heterocycles. The highest BCUT2D eigenvalue weighted by atomic mass is 16.5. The molecule has 1 aliphatic rings. The van der Waals surface area contributed by atoms with Crippen molar-refractivity contribution >= 4 is 29.0 Å². The van der Waals surface area contributed by atoms with E-state index in [-0.39, 0.29) is 35.4 Å². The van der Waals surface area contributed by atoms with Gasteiger partial charge in [-0.15, -0.1) is 10.2 Å². The maximum atomic E-state index is 12.7. The zero-order valence-electron chi connectivity index (χ0n) is 21.2. The molecule has 2 amide bonds. The van der Waals surface area contributed by atoms with E-state index in [2.05, 4.69) is 30.9 Å². The zero-order valence-corrected chi connectivity index (χ0v) is 18.2. The van der Waals surface area contributed by atoms with Crippen molar-refractivity contribution in [2.45, 2.75) is 25.8 Å². The summed E-state index contributed by atoms with van der Waals surface area (Å²) in [5, 5.41) is 28.5. The van der Waals surface area contributed by atoms with Crippen LogP contribution in [0.5, 0.6) is 5.75 Å². The lowest BCUT2D eigenvalue weighted by atomic mass is 10.1. The molecule has 4 rings (SSSR count). The molecule has 1 saturated carbocycles. The van der Waals surface area contributed by atoms with Crippen LogP contribution in [0, 0.1) is 17.2 Å². The SMILES string of the molecule is [2H]C([2H])([2H])NC(=O)c1nnc(NC(=O)C2CC2)cc1Nc1cccc(-c2ncn(CCC#N)n2)c1OC. The van der Waals surface area contributed by atoms with Crippen molar-refractivity contribution < 1.29 is 18.4 Å². The van der Waals surface area contributed by atoms with E-state index >= 15 is 0 Å². The fourth-order valence-corrected chi connectivity index (χ4v) is 3.22. The number of hydrogen-bond acceptors (Lipinski definition) is 9. The first-order valence-electron chi connectivity index (χ1n) is 11.9. The second-order valence-electron chi connectivity index (χ2n) is 7.46. The largest absolute Gasteiger partial charge is 0.494 e. The van der Waals surface area contributed by atoms with Crippen LogP contribution in [0.3, 0.4) is 0 Å². The molecule has 1 fully saturated rings. The van der Waals surface area contributed by atoms with Gasteiger partial charge in [0.05, 0.1) is 43.1 Å². The zero-order chi connectivity index (χ0) is 26.6. The predicted molar refractivity (Wildman–Crippen MR) is 122 cm³/mol. The van der Waals surface area contributed by atoms with Crippen LogP contribution in [0.1, 0.15) is 33.9 Å². The van der Waals surface area contributed by atoms with Gasteiger partial charge >= 0.3 is 0 Å². The number of amides is 2. The van der Waals surface area contributed by atoms with E-state index in [1.165, 1.54) is 24.2 Å². The van der Waals surface area contributed by atoms with Gasteiger partial charge < -0.3 is 20.7 Å². The maximum Gasteiger partial charge on any atom is 0.273 e. The summed E-state index contributed by atoms with van der Waals surface area (Å²) < 4.78 is 29.2. The van der Waals surface area contributed by atoms with E-state index in [0.29, 0.717) is 29.4 Å². The number of benzene rings is 1. The summed E-state index contributed by atoms with van der Waals surface area (Å²) in [4.78, 5) is 29.2. The summed E-state index contributed by atoms with van der Waals surface area (Å²) in [6.07, 6.45) is 3.35. The number of ether oxygens (including phenoxy) is 1. The molecule has 2 heterocycles. The molecule has 0 saturated heterocycles. The fourth-order valence-electron chi connectivity index (χ4n) is 3.22. The third-order valence-corrected chi connectivity index (χ3v) is 5.04. The molecule has 12 nitrogen and oxygen atoms in total. The first kappa shape index (κ1) is 19.0. The van der Waals surface area contributed by atoms with E-state index in [0.717, 1.165) is 12.8 Å². The average molecular weight is 465 g/mol. The third kappa shape index (κ3) is 4.93. The van der Waals surface area contributed by atoms with Gasteiger partial charge in [-0.25, -0.2) is 4.98 Å². The van der Waals surface area contributed by atoms with Crippen molar-refractivity contribution in [2.24, 2.45) is 5.92 Å². The Kier molecular flexibility index (Phi) is 5.56. The highest BCUT2D eigenvalue weighted by molar-refractivity contribution is 6.00. The lowest BCUT2D eigenvalue weighted by molar-refractivity contribution is -0.117. The summed E-state index contributed by atoms with van der Waals surface area (Å²) in [6.45, 7) is -2.37. The van der Waals surface area contributed by atoms with E-state index in [1.54, 1.807) is 18.2 Å². The summed E-state index contributed by atoms with van der Waals surface area (Å²) >= 11 is 0. The molecule has 0 spiro atoms. The van der Waals surface area contributed by atoms with Crippen LogP contribution in [-0.4, -0.2) is 50.9 Å². The topological polar surface area (TPSA) is 160 Å². The van der Waals surface area contributed by atoms with E-state index < -0.39 is 12.9 Å². The van der Waals surface area contributed by atoms with Gasteiger partial charge in [0.15, 0.2) is 23.1 Å². The number of hydrogen-bond donors (Lipinski definition) is 3. The molecule has 1 aliphatic carbocycles. The number of methoxy groups -OCH3 is 1. The van der Waals surface area contributed by atoms with Crippen molar-refractivity contribution in [2.75, 3.05) is 24.7 Å². The average Bonchev–Trinajstić information content (AvgIpc) is 3.60. The van der Waals surface area contributed by atoms with Gasteiger partial charge in [-0.2, -0.15) is 10.4 Å². The molecule has 0 unspecified atom stereocenters. The number of nitrogens with zero attached hydrogens (tertiary/aromatic N) is 6. The van der Waals surface area contributed by atoms with Gasteiger partial charge in [-0.3, -0.25) is 14.3 Å². The number of carbonyl (C=O) groups excluding carboxylic acids is 2. The smallest absolute Gasteiger partial charge is 0.273 e. The summed E-state index contributed by atoms with van der Waals surface area (Å²) in [6, 6.07) is 8.56. The van der Waals surface area contributed by atoms with Crippen LogP contribution >= 0.6 is 0 Å². The van der Waals surface area contributed by atoms with Crippen LogP contribution < -0.4 is 20.7 Å². The molecule has 0 radical (unpaired) electrons. The Balaban J connectivity index is 1.69. The summed E-state index contributed by atoms with van der Waals surface area (Å²) in [5.74, 6) is -0.500. The Morgan fingerprint density at radius 2 is 2.18 bits per heavy atom. The minimum Gasteiger partial charge on any atom is -0.494 e. The molecule has 1 aromatic carbocycles. The predicted octanol–water partition coefficient (Wildman–Crippen LogP) is 2.11. The number of para-hydroxylation sites is 1. The van der Waals surface area contributed by atoms with E-state index in [9.17, 15) is 9.59 Å². The second-order valence-corrected chi connectivity index (χ2v) is 7.46. The number of nitriles is 1. The highest BCUT2D eigenvalue weighted by Gasteiger charge is 2.30. The van der Waals surface area contributed by atoms with Gasteiger partial charge in [0.1, 0.15) is 6.33 Å². The molecule has 34 heavy (non-hydrogen) atoms. The van der Waals surface area contributed by atoms with Gasteiger partial charge in [0.25, 0.3) is 5.91 Å². The van der Waals surface area contributed by atoms with Crippen LogP contribution in [-0.2, 0) is 11.3 Å². The molecule has 12 heteroatoms. The second kappa shape index (κ2) is 9.95. The minimum atomic E-state index is -2.75. The highest BCUT2D eigenvalue weighted by Crippen LogP contribution is 2.37. The molecular formula is C22H23N9O3. The third-order valence-electron chi connectivity index (χ3n) is 5.04. The number of aryl methyl sites for hydroxylation is 1. The lowest BCUT2D eigenvalue weighted by Crippen LogP contribution is -2.22. The minimum absolute atomic E-state index is 0.0887. The lowest BCUT2D eigenvalue weighted by Gasteiger charge is -2.16. The monoisotopic (exact) mass is 464 g/mol. The van der Waals surface area contributed by atoms with Gasteiger partial charge in [0, 0.05) is 23.1 Å². The Bertz CT molecular complexity index is 1360. The van der Waals surface area contributed by atoms with Crippen molar-refractivity contribution in [1.29, 1.82) is 5.26 Å². The van der Waals surface area contributed by atoms with Crippen LogP contribution in [0.2, 0.25) is 0 Å². The Labute approximate surface area is 199 Å². The molecule has 0 bridgehead atoms. The number of nitrogens with one attached hydrogen (secondary N) is 3. The first-order chi connectivity index (χ1) is 17.7. The first-order valence-corrected chi connectivity index (χ1v) is 10.4.